The summed E-state index contributed by atoms with van der Waals surface area (Å²) in [5.74, 6) is 2.60. The molecule has 0 bridgehead atoms. The Labute approximate surface area is 175 Å². The Balaban J connectivity index is 0.00000338. The number of nitrogens with one attached hydrogen (secondary N) is 1. The molecule has 1 heterocycles. The number of rotatable bonds is 7. The highest BCUT2D eigenvalue weighted by molar-refractivity contribution is 14.0. The van der Waals surface area contributed by atoms with E-state index in [9.17, 15) is 0 Å². The van der Waals surface area contributed by atoms with Crippen LogP contribution in [-0.4, -0.2) is 57.9 Å². The van der Waals surface area contributed by atoms with E-state index in [1.807, 2.05) is 7.05 Å². The molecule has 0 radical (unpaired) electrons. The van der Waals surface area contributed by atoms with Gasteiger partial charge in [-0.1, -0.05) is 6.07 Å². The van der Waals surface area contributed by atoms with Crippen LogP contribution < -0.4 is 10.1 Å². The molecule has 1 atom stereocenters. The SMILES string of the molecule is CN=C(NCCCOc1cc(C)cc(C)c1C)N1CCC(COC)C1.I. The van der Waals surface area contributed by atoms with Gasteiger partial charge >= 0.3 is 0 Å². The van der Waals surface area contributed by atoms with Crippen LogP contribution in [0.3, 0.4) is 0 Å². The summed E-state index contributed by atoms with van der Waals surface area (Å²) in [6.45, 7) is 10.8. The van der Waals surface area contributed by atoms with Crippen molar-refractivity contribution in [3.05, 3.63) is 28.8 Å². The van der Waals surface area contributed by atoms with Crippen molar-refractivity contribution in [3.8, 4) is 5.75 Å². The number of aryl methyl sites for hydroxylation is 2. The van der Waals surface area contributed by atoms with Gasteiger partial charge in [0, 0.05) is 39.7 Å². The Morgan fingerprint density at radius 2 is 2.08 bits per heavy atom. The number of halogens is 1. The molecule has 0 amide bonds. The first kappa shape index (κ1) is 23.0. The Hall–Kier alpha value is -1.02. The zero-order chi connectivity index (χ0) is 18.2. The maximum absolute atomic E-state index is 5.98. The quantitative estimate of drug-likeness (QED) is 0.284. The molecule has 1 unspecified atom stereocenters. The smallest absolute Gasteiger partial charge is 0.193 e. The van der Waals surface area contributed by atoms with Crippen LogP contribution in [0.2, 0.25) is 0 Å². The zero-order valence-electron chi connectivity index (χ0n) is 16.8. The van der Waals surface area contributed by atoms with Crippen molar-refractivity contribution < 1.29 is 9.47 Å². The van der Waals surface area contributed by atoms with Gasteiger partial charge in [-0.3, -0.25) is 4.99 Å². The van der Waals surface area contributed by atoms with Crippen molar-refractivity contribution >= 4 is 29.9 Å². The number of methoxy groups -OCH3 is 1. The molecule has 1 aromatic carbocycles. The molecule has 1 aliphatic heterocycles. The number of nitrogens with zero attached hydrogens (tertiary/aromatic N) is 2. The van der Waals surface area contributed by atoms with Gasteiger partial charge in [0.25, 0.3) is 0 Å². The van der Waals surface area contributed by atoms with Crippen LogP contribution in [0.25, 0.3) is 0 Å². The lowest BCUT2D eigenvalue weighted by Gasteiger charge is -2.21. The molecule has 0 saturated carbocycles. The summed E-state index contributed by atoms with van der Waals surface area (Å²) in [6.07, 6.45) is 2.12. The number of aliphatic imine (C=N–C) groups is 1. The van der Waals surface area contributed by atoms with E-state index in [0.29, 0.717) is 12.5 Å². The zero-order valence-corrected chi connectivity index (χ0v) is 19.1. The molecule has 148 valence electrons. The lowest BCUT2D eigenvalue weighted by atomic mass is 10.1. The maximum Gasteiger partial charge on any atom is 0.193 e. The fraction of sp³-hybridized carbons (Fsp3) is 0.650. The molecule has 1 aliphatic rings. The maximum atomic E-state index is 5.98. The number of hydrogen-bond donors (Lipinski definition) is 1. The highest BCUT2D eigenvalue weighted by atomic mass is 127. The fourth-order valence-electron chi connectivity index (χ4n) is 3.33. The largest absolute Gasteiger partial charge is 0.493 e. The van der Waals surface area contributed by atoms with Gasteiger partial charge in [-0.15, -0.1) is 24.0 Å². The first-order chi connectivity index (χ1) is 12.0. The van der Waals surface area contributed by atoms with Gasteiger partial charge in [-0.2, -0.15) is 0 Å². The molecular weight excluding hydrogens is 441 g/mol. The van der Waals surface area contributed by atoms with Gasteiger partial charge in [0.2, 0.25) is 0 Å². The minimum atomic E-state index is 0. The Morgan fingerprint density at radius 1 is 1.31 bits per heavy atom. The van der Waals surface area contributed by atoms with Gasteiger partial charge in [-0.05, 0) is 56.4 Å². The number of ether oxygens (including phenoxy) is 2. The average Bonchev–Trinajstić information content (AvgIpc) is 3.04. The van der Waals surface area contributed by atoms with E-state index in [-0.39, 0.29) is 24.0 Å². The third-order valence-electron chi connectivity index (χ3n) is 4.83. The van der Waals surface area contributed by atoms with Crippen LogP contribution in [0.15, 0.2) is 17.1 Å². The monoisotopic (exact) mass is 475 g/mol. The predicted octanol–water partition coefficient (Wildman–Crippen LogP) is 3.54. The van der Waals surface area contributed by atoms with E-state index in [1.165, 1.54) is 23.1 Å². The number of likely N-dealkylation sites (tertiary alicyclic amines) is 1. The molecule has 6 heteroatoms. The Bertz CT molecular complexity index is 593. The summed E-state index contributed by atoms with van der Waals surface area (Å²) in [4.78, 5) is 6.73. The lowest BCUT2D eigenvalue weighted by Crippen LogP contribution is -2.40. The molecular formula is C20H34IN3O2. The van der Waals surface area contributed by atoms with E-state index in [2.05, 4.69) is 48.1 Å². The van der Waals surface area contributed by atoms with E-state index >= 15 is 0 Å². The van der Waals surface area contributed by atoms with E-state index in [1.54, 1.807) is 7.11 Å². The molecule has 0 aromatic heterocycles. The minimum absolute atomic E-state index is 0. The first-order valence-electron chi connectivity index (χ1n) is 9.20. The second kappa shape index (κ2) is 11.6. The normalized spacial score (nSPS) is 17.2. The third-order valence-corrected chi connectivity index (χ3v) is 4.83. The number of guanidine groups is 1. The van der Waals surface area contributed by atoms with Crippen LogP contribution >= 0.6 is 24.0 Å². The predicted molar refractivity (Wildman–Crippen MR) is 119 cm³/mol. The second-order valence-corrected chi connectivity index (χ2v) is 6.94. The van der Waals surface area contributed by atoms with Crippen molar-refractivity contribution in [2.45, 2.75) is 33.6 Å². The average molecular weight is 475 g/mol. The van der Waals surface area contributed by atoms with Gasteiger partial charge < -0.3 is 19.7 Å². The highest BCUT2D eigenvalue weighted by Gasteiger charge is 2.24. The molecule has 1 aromatic rings. The minimum Gasteiger partial charge on any atom is -0.493 e. The van der Waals surface area contributed by atoms with Crippen LogP contribution in [0.5, 0.6) is 5.75 Å². The summed E-state index contributed by atoms with van der Waals surface area (Å²) in [6, 6.07) is 4.31. The molecule has 0 spiro atoms. The molecule has 0 aliphatic carbocycles. The van der Waals surface area contributed by atoms with Crippen LogP contribution in [0.4, 0.5) is 0 Å². The molecule has 5 nitrogen and oxygen atoms in total. The van der Waals surface area contributed by atoms with E-state index in [0.717, 1.165) is 44.4 Å². The number of hydrogen-bond acceptors (Lipinski definition) is 3. The summed E-state index contributed by atoms with van der Waals surface area (Å²) >= 11 is 0. The van der Waals surface area contributed by atoms with Crippen molar-refractivity contribution in [1.82, 2.24) is 10.2 Å². The molecule has 2 rings (SSSR count). The summed E-state index contributed by atoms with van der Waals surface area (Å²) < 4.78 is 11.2. The fourth-order valence-corrected chi connectivity index (χ4v) is 3.33. The molecule has 1 saturated heterocycles. The summed E-state index contributed by atoms with van der Waals surface area (Å²) in [5, 5.41) is 3.45. The second-order valence-electron chi connectivity index (χ2n) is 6.94. The van der Waals surface area contributed by atoms with E-state index < -0.39 is 0 Å². The Kier molecular flexibility index (Phi) is 10.3. The van der Waals surface area contributed by atoms with Gasteiger partial charge in [0.05, 0.1) is 13.2 Å². The molecule has 26 heavy (non-hydrogen) atoms. The molecule has 1 N–H and O–H groups in total. The van der Waals surface area contributed by atoms with Crippen LogP contribution in [0, 0.1) is 26.7 Å². The third kappa shape index (κ3) is 6.61. The van der Waals surface area contributed by atoms with Crippen LogP contribution in [0.1, 0.15) is 29.5 Å². The summed E-state index contributed by atoms with van der Waals surface area (Å²) in [7, 11) is 3.62. The van der Waals surface area contributed by atoms with E-state index in [4.69, 9.17) is 9.47 Å². The topological polar surface area (TPSA) is 46.1 Å². The van der Waals surface area contributed by atoms with Gasteiger partial charge in [0.15, 0.2) is 5.96 Å². The van der Waals surface area contributed by atoms with Crippen LogP contribution in [-0.2, 0) is 4.74 Å². The van der Waals surface area contributed by atoms with Crippen molar-refractivity contribution in [1.29, 1.82) is 0 Å². The molecule has 1 fully saturated rings. The highest BCUT2D eigenvalue weighted by Crippen LogP contribution is 2.23. The van der Waals surface area contributed by atoms with Gasteiger partial charge in [-0.25, -0.2) is 0 Å². The summed E-state index contributed by atoms with van der Waals surface area (Å²) in [5.41, 5.74) is 3.76. The Morgan fingerprint density at radius 3 is 2.77 bits per heavy atom. The van der Waals surface area contributed by atoms with Gasteiger partial charge in [0.1, 0.15) is 5.75 Å². The lowest BCUT2D eigenvalue weighted by molar-refractivity contribution is 0.157. The van der Waals surface area contributed by atoms with Crippen molar-refractivity contribution in [2.75, 3.05) is 47.0 Å². The van der Waals surface area contributed by atoms with Crippen molar-refractivity contribution in [2.24, 2.45) is 10.9 Å². The number of benzene rings is 1. The van der Waals surface area contributed by atoms with Crippen molar-refractivity contribution in [3.63, 3.8) is 0 Å². The standard InChI is InChI=1S/C20H33N3O2.HI/c1-15-11-16(2)17(3)19(12-15)25-10-6-8-22-20(21-4)23-9-7-18(13-23)14-24-5;/h11-12,18H,6-10,13-14H2,1-5H3,(H,21,22);1H. The first-order valence-corrected chi connectivity index (χ1v) is 9.20.